The van der Waals surface area contributed by atoms with Crippen LogP contribution in [0.3, 0.4) is 0 Å². The quantitative estimate of drug-likeness (QED) is 0.514. The summed E-state index contributed by atoms with van der Waals surface area (Å²) in [7, 11) is 0. The molecule has 0 bridgehead atoms. The van der Waals surface area contributed by atoms with Crippen molar-refractivity contribution in [2.24, 2.45) is 4.99 Å². The number of ether oxygens (including phenoxy) is 1. The molecule has 6 nitrogen and oxygen atoms in total. The van der Waals surface area contributed by atoms with Crippen molar-refractivity contribution in [3.05, 3.63) is 71.9 Å². The third-order valence-electron chi connectivity index (χ3n) is 4.77. The highest BCUT2D eigenvalue weighted by atomic mass is 16.5. The predicted octanol–water partition coefficient (Wildman–Crippen LogP) is 4.25. The largest absolute Gasteiger partial charge is 0.494 e. The van der Waals surface area contributed by atoms with Crippen LogP contribution in [0, 0.1) is 0 Å². The molecule has 5 rings (SSSR count). The Bertz CT molecular complexity index is 1210. The van der Waals surface area contributed by atoms with E-state index in [1.807, 2.05) is 60.8 Å². The number of benzene rings is 2. The predicted molar refractivity (Wildman–Crippen MR) is 110 cm³/mol. The highest BCUT2D eigenvalue weighted by Gasteiger charge is 2.23. The number of aliphatic imine (C=N–C) groups is 1. The topological polar surface area (TPSA) is 77.8 Å². The van der Waals surface area contributed by atoms with Gasteiger partial charge < -0.3 is 10.5 Å². The summed E-state index contributed by atoms with van der Waals surface area (Å²) in [6.07, 6.45) is 2.88. The van der Waals surface area contributed by atoms with E-state index in [2.05, 4.69) is 17.0 Å². The first-order chi connectivity index (χ1) is 13.7. The molecule has 0 fully saturated rings. The number of hydrogen-bond donors (Lipinski definition) is 1. The van der Waals surface area contributed by atoms with Crippen LogP contribution in [0.1, 0.15) is 24.5 Å². The van der Waals surface area contributed by atoms with Gasteiger partial charge in [0.2, 0.25) is 5.95 Å². The monoisotopic (exact) mass is 369 g/mol. The zero-order chi connectivity index (χ0) is 19.1. The van der Waals surface area contributed by atoms with Crippen molar-refractivity contribution in [2.45, 2.75) is 13.3 Å². The molecule has 28 heavy (non-hydrogen) atoms. The number of fused-ring (bicyclic) bond motifs is 2. The van der Waals surface area contributed by atoms with E-state index < -0.39 is 0 Å². The summed E-state index contributed by atoms with van der Waals surface area (Å²) in [6.45, 7) is 2.80. The molecule has 0 saturated heterocycles. The Kier molecular flexibility index (Phi) is 3.83. The average Bonchev–Trinajstić information content (AvgIpc) is 3.08. The minimum absolute atomic E-state index is 0.236. The lowest BCUT2D eigenvalue weighted by Crippen LogP contribution is -2.06. The normalized spacial score (nSPS) is 12.4. The maximum Gasteiger partial charge on any atom is 0.238 e. The van der Waals surface area contributed by atoms with Gasteiger partial charge in [-0.15, -0.1) is 5.10 Å². The number of nitrogens with two attached hydrogens (primary N) is 1. The highest BCUT2D eigenvalue weighted by Crippen LogP contribution is 2.38. The van der Waals surface area contributed by atoms with Crippen molar-refractivity contribution in [1.29, 1.82) is 0 Å². The molecular formula is C22H19N5O. The minimum atomic E-state index is 0.236. The van der Waals surface area contributed by atoms with E-state index in [4.69, 9.17) is 15.5 Å². The van der Waals surface area contributed by atoms with E-state index in [1.165, 1.54) is 0 Å². The van der Waals surface area contributed by atoms with Crippen molar-refractivity contribution in [2.75, 3.05) is 12.3 Å². The van der Waals surface area contributed by atoms with Crippen LogP contribution in [0.15, 0.2) is 65.8 Å². The summed E-state index contributed by atoms with van der Waals surface area (Å²) < 4.78 is 7.49. The summed E-state index contributed by atoms with van der Waals surface area (Å²) >= 11 is 0. The second kappa shape index (κ2) is 6.49. The molecule has 0 radical (unpaired) electrons. The number of aromatic nitrogens is 3. The van der Waals surface area contributed by atoms with Gasteiger partial charge in [0.25, 0.3) is 0 Å². The fourth-order valence-electron chi connectivity index (χ4n) is 3.52. The fraction of sp³-hybridized carbons (Fsp3) is 0.136. The summed E-state index contributed by atoms with van der Waals surface area (Å²) in [5.74, 6) is 1.10. The number of hydrogen-bond acceptors (Lipinski definition) is 5. The molecule has 2 aromatic carbocycles. The maximum atomic E-state index is 5.95. The molecule has 0 spiro atoms. The van der Waals surface area contributed by atoms with Gasteiger partial charge in [-0.05, 0) is 42.8 Å². The number of anilines is 1. The van der Waals surface area contributed by atoms with E-state index in [1.54, 1.807) is 4.52 Å². The van der Waals surface area contributed by atoms with Crippen LogP contribution in [0.5, 0.6) is 5.75 Å². The number of nitrogen functional groups attached to an aromatic ring is 1. The fourth-order valence-corrected chi connectivity index (χ4v) is 3.52. The van der Waals surface area contributed by atoms with Crippen molar-refractivity contribution >= 4 is 22.9 Å². The second-order valence-corrected chi connectivity index (χ2v) is 6.69. The smallest absolute Gasteiger partial charge is 0.238 e. The van der Waals surface area contributed by atoms with Gasteiger partial charge >= 0.3 is 0 Å². The van der Waals surface area contributed by atoms with Gasteiger partial charge in [-0.25, -0.2) is 14.5 Å². The van der Waals surface area contributed by atoms with Crippen LogP contribution >= 0.6 is 0 Å². The Labute approximate surface area is 162 Å². The van der Waals surface area contributed by atoms with Gasteiger partial charge in [0.15, 0.2) is 0 Å². The Morgan fingerprint density at radius 1 is 1.00 bits per heavy atom. The Hall–Kier alpha value is -3.67. The van der Waals surface area contributed by atoms with Gasteiger partial charge in [-0.2, -0.15) is 0 Å². The lowest BCUT2D eigenvalue weighted by Gasteiger charge is -2.08. The number of nitrogens with zero attached hydrogens (tertiary/aromatic N) is 4. The summed E-state index contributed by atoms with van der Waals surface area (Å²) in [4.78, 5) is 9.53. The summed E-state index contributed by atoms with van der Waals surface area (Å²) in [5, 5.41) is 4.34. The summed E-state index contributed by atoms with van der Waals surface area (Å²) in [6, 6.07) is 18.0. The number of rotatable bonds is 4. The average molecular weight is 369 g/mol. The van der Waals surface area contributed by atoms with Gasteiger partial charge in [-0.3, -0.25) is 0 Å². The molecule has 2 N–H and O–H groups in total. The zero-order valence-electron chi connectivity index (χ0n) is 15.5. The first-order valence-corrected chi connectivity index (χ1v) is 9.31. The first-order valence-electron chi connectivity index (χ1n) is 9.31. The molecule has 4 aromatic rings. The van der Waals surface area contributed by atoms with Crippen LogP contribution in [-0.4, -0.2) is 26.9 Å². The van der Waals surface area contributed by atoms with Crippen molar-refractivity contribution in [1.82, 2.24) is 14.6 Å². The Balaban J connectivity index is 1.73. The summed E-state index contributed by atoms with van der Waals surface area (Å²) in [5.41, 5.74) is 12.3. The molecule has 6 heteroatoms. The van der Waals surface area contributed by atoms with Gasteiger partial charge in [0.05, 0.1) is 18.0 Å². The number of para-hydroxylation sites is 1. The maximum absolute atomic E-state index is 5.95. The zero-order valence-corrected chi connectivity index (χ0v) is 15.5. The van der Waals surface area contributed by atoms with Crippen molar-refractivity contribution in [3.63, 3.8) is 0 Å². The Morgan fingerprint density at radius 3 is 2.64 bits per heavy atom. The Morgan fingerprint density at radius 2 is 1.82 bits per heavy atom. The minimum Gasteiger partial charge on any atom is -0.494 e. The van der Waals surface area contributed by atoms with E-state index >= 15 is 0 Å². The lowest BCUT2D eigenvalue weighted by atomic mass is 10.0. The molecule has 2 aromatic heterocycles. The molecule has 0 amide bonds. The van der Waals surface area contributed by atoms with Crippen molar-refractivity contribution < 1.29 is 4.74 Å². The SMILES string of the molecule is CCCOc1ccc(C2=Nc3ccccc3-c3nc(N)nn4ccc2c34)cc1. The molecular weight excluding hydrogens is 350 g/mol. The van der Waals surface area contributed by atoms with E-state index in [0.717, 1.165) is 51.5 Å². The highest BCUT2D eigenvalue weighted by molar-refractivity contribution is 6.20. The van der Waals surface area contributed by atoms with E-state index in [9.17, 15) is 0 Å². The van der Waals surface area contributed by atoms with Crippen LogP contribution in [0.2, 0.25) is 0 Å². The van der Waals surface area contributed by atoms with Gasteiger partial charge in [0.1, 0.15) is 17.0 Å². The molecule has 0 aliphatic carbocycles. The van der Waals surface area contributed by atoms with Gasteiger partial charge in [-0.1, -0.05) is 25.1 Å². The van der Waals surface area contributed by atoms with Gasteiger partial charge in [0, 0.05) is 22.9 Å². The first kappa shape index (κ1) is 16.5. The molecule has 1 aliphatic rings. The third-order valence-corrected chi connectivity index (χ3v) is 4.77. The van der Waals surface area contributed by atoms with Crippen LogP contribution in [0.4, 0.5) is 11.6 Å². The standard InChI is InChI=1S/C22H19N5O/c1-2-13-28-15-9-7-14(8-10-15)19-17-11-12-27-21(17)20(25-22(23)26-27)16-5-3-4-6-18(16)24-19/h3-12H,2,13H2,1H3,(H2,23,26). The molecule has 0 saturated carbocycles. The molecule has 1 aliphatic heterocycles. The van der Waals surface area contributed by atoms with Crippen molar-refractivity contribution in [3.8, 4) is 17.0 Å². The van der Waals surface area contributed by atoms with E-state index in [0.29, 0.717) is 6.61 Å². The molecule has 0 unspecified atom stereocenters. The lowest BCUT2D eigenvalue weighted by molar-refractivity contribution is 0.317. The second-order valence-electron chi connectivity index (χ2n) is 6.69. The van der Waals surface area contributed by atoms with Crippen LogP contribution in [0.25, 0.3) is 16.8 Å². The third kappa shape index (κ3) is 2.62. The van der Waals surface area contributed by atoms with Crippen LogP contribution in [-0.2, 0) is 0 Å². The van der Waals surface area contributed by atoms with Crippen LogP contribution < -0.4 is 10.5 Å². The molecule has 3 heterocycles. The van der Waals surface area contributed by atoms with E-state index in [-0.39, 0.29) is 5.95 Å². The molecule has 138 valence electrons. The molecule has 0 atom stereocenters.